The number of nitro benzene ring substituents is 1. The van der Waals surface area contributed by atoms with Crippen LogP contribution in [0.2, 0.25) is 5.02 Å². The molecule has 0 saturated heterocycles. The Morgan fingerprint density at radius 1 is 1.45 bits per heavy atom. The molecule has 0 unspecified atom stereocenters. The zero-order valence-corrected chi connectivity index (χ0v) is 11.8. The standard InChI is InChI=1S/C13H15ClN4O2/c1-17-8-6-10(16-17)5-7-15-9-11-12(14)3-2-4-13(11)18(19)20/h2-4,6,8,15H,5,7,9H2,1H3. The Balaban J connectivity index is 1.92. The molecule has 0 radical (unpaired) electrons. The molecule has 2 aromatic rings. The first kappa shape index (κ1) is 14.5. The van der Waals surface area contributed by atoms with Crippen molar-refractivity contribution in [3.05, 3.63) is 56.9 Å². The Kier molecular flexibility index (Phi) is 4.70. The van der Waals surface area contributed by atoms with E-state index in [-0.39, 0.29) is 5.69 Å². The molecule has 0 bridgehead atoms. The third-order valence-corrected chi connectivity index (χ3v) is 3.27. The highest BCUT2D eigenvalue weighted by Gasteiger charge is 2.15. The fraction of sp³-hybridized carbons (Fsp3) is 0.308. The number of nitrogens with one attached hydrogen (secondary N) is 1. The van der Waals surface area contributed by atoms with Gasteiger partial charge in [0, 0.05) is 38.8 Å². The second-order valence-corrected chi connectivity index (χ2v) is 4.81. The fourth-order valence-corrected chi connectivity index (χ4v) is 2.16. The van der Waals surface area contributed by atoms with Crippen molar-refractivity contribution in [2.45, 2.75) is 13.0 Å². The molecule has 0 fully saturated rings. The van der Waals surface area contributed by atoms with Crippen LogP contribution in [0.25, 0.3) is 0 Å². The van der Waals surface area contributed by atoms with Crippen LogP contribution >= 0.6 is 11.6 Å². The van der Waals surface area contributed by atoms with Crippen molar-refractivity contribution in [1.29, 1.82) is 0 Å². The lowest BCUT2D eigenvalue weighted by atomic mass is 10.1. The molecule has 0 aliphatic rings. The smallest absolute Gasteiger partial charge is 0.275 e. The van der Waals surface area contributed by atoms with Gasteiger partial charge in [-0.05, 0) is 12.1 Å². The van der Waals surface area contributed by atoms with Crippen LogP contribution in [0.4, 0.5) is 5.69 Å². The largest absolute Gasteiger partial charge is 0.312 e. The maximum Gasteiger partial charge on any atom is 0.275 e. The number of nitro groups is 1. The van der Waals surface area contributed by atoms with E-state index in [1.165, 1.54) is 6.07 Å². The molecule has 1 N–H and O–H groups in total. The first-order valence-electron chi connectivity index (χ1n) is 6.19. The third kappa shape index (κ3) is 3.55. The van der Waals surface area contributed by atoms with Gasteiger partial charge in [0.25, 0.3) is 5.69 Å². The van der Waals surface area contributed by atoms with Crippen LogP contribution in [-0.4, -0.2) is 21.2 Å². The van der Waals surface area contributed by atoms with Crippen LogP contribution < -0.4 is 5.32 Å². The number of benzene rings is 1. The van der Waals surface area contributed by atoms with Gasteiger partial charge in [-0.15, -0.1) is 0 Å². The van der Waals surface area contributed by atoms with Gasteiger partial charge in [0.15, 0.2) is 0 Å². The van der Waals surface area contributed by atoms with Crippen molar-refractivity contribution in [3.63, 3.8) is 0 Å². The van der Waals surface area contributed by atoms with E-state index in [1.54, 1.807) is 16.8 Å². The second-order valence-electron chi connectivity index (χ2n) is 4.40. The molecule has 0 aliphatic carbocycles. The van der Waals surface area contributed by atoms with Gasteiger partial charge in [-0.2, -0.15) is 5.10 Å². The molecule has 1 aromatic heterocycles. The molecular formula is C13H15ClN4O2. The average molecular weight is 295 g/mol. The SMILES string of the molecule is Cn1ccc(CCNCc2c(Cl)cccc2[N+](=O)[O-])n1. The highest BCUT2D eigenvalue weighted by molar-refractivity contribution is 6.31. The highest BCUT2D eigenvalue weighted by Crippen LogP contribution is 2.25. The summed E-state index contributed by atoms with van der Waals surface area (Å²) in [7, 11) is 1.87. The predicted octanol–water partition coefficient (Wildman–Crippen LogP) is 2.31. The molecule has 0 amide bonds. The Morgan fingerprint density at radius 2 is 2.25 bits per heavy atom. The van der Waals surface area contributed by atoms with Gasteiger partial charge in [-0.25, -0.2) is 0 Å². The van der Waals surface area contributed by atoms with Gasteiger partial charge in [0.1, 0.15) is 0 Å². The molecule has 0 spiro atoms. The zero-order chi connectivity index (χ0) is 14.5. The maximum absolute atomic E-state index is 10.9. The summed E-state index contributed by atoms with van der Waals surface area (Å²) in [6, 6.07) is 6.64. The number of rotatable bonds is 6. The summed E-state index contributed by atoms with van der Waals surface area (Å²) in [5.41, 5.74) is 1.54. The summed E-state index contributed by atoms with van der Waals surface area (Å²) >= 11 is 6.01. The van der Waals surface area contributed by atoms with Crippen LogP contribution in [0, 0.1) is 10.1 Å². The van der Waals surface area contributed by atoms with Gasteiger partial charge in [-0.1, -0.05) is 17.7 Å². The molecule has 20 heavy (non-hydrogen) atoms. The van der Waals surface area contributed by atoms with Gasteiger partial charge in [0.05, 0.1) is 21.2 Å². The lowest BCUT2D eigenvalue weighted by Crippen LogP contribution is -2.18. The normalized spacial score (nSPS) is 10.7. The molecule has 0 atom stereocenters. The van der Waals surface area contributed by atoms with Crippen molar-refractivity contribution in [2.24, 2.45) is 7.05 Å². The topological polar surface area (TPSA) is 73.0 Å². The van der Waals surface area contributed by atoms with Gasteiger partial charge < -0.3 is 5.32 Å². The monoisotopic (exact) mass is 294 g/mol. The number of aryl methyl sites for hydroxylation is 1. The average Bonchev–Trinajstić information content (AvgIpc) is 2.81. The van der Waals surface area contributed by atoms with E-state index in [0.29, 0.717) is 23.7 Å². The van der Waals surface area contributed by atoms with Crippen molar-refractivity contribution in [2.75, 3.05) is 6.54 Å². The molecule has 1 heterocycles. The molecule has 0 aliphatic heterocycles. The molecule has 2 rings (SSSR count). The molecule has 106 valence electrons. The van der Waals surface area contributed by atoms with Crippen molar-refractivity contribution in [1.82, 2.24) is 15.1 Å². The van der Waals surface area contributed by atoms with Gasteiger partial charge in [0.2, 0.25) is 0 Å². The van der Waals surface area contributed by atoms with Crippen molar-refractivity contribution >= 4 is 17.3 Å². The highest BCUT2D eigenvalue weighted by atomic mass is 35.5. The first-order chi connectivity index (χ1) is 9.58. The quantitative estimate of drug-likeness (QED) is 0.504. The van der Waals surface area contributed by atoms with E-state index in [9.17, 15) is 10.1 Å². The second kappa shape index (κ2) is 6.49. The van der Waals surface area contributed by atoms with Gasteiger partial charge >= 0.3 is 0 Å². The number of hydrogen-bond acceptors (Lipinski definition) is 4. The summed E-state index contributed by atoms with van der Waals surface area (Å²) in [4.78, 5) is 10.5. The van der Waals surface area contributed by atoms with E-state index in [0.717, 1.165) is 12.1 Å². The molecule has 7 heteroatoms. The van der Waals surface area contributed by atoms with Crippen LogP contribution in [0.5, 0.6) is 0 Å². The zero-order valence-electron chi connectivity index (χ0n) is 11.0. The van der Waals surface area contributed by atoms with E-state index < -0.39 is 4.92 Å². The van der Waals surface area contributed by atoms with Crippen LogP contribution in [0.1, 0.15) is 11.3 Å². The minimum absolute atomic E-state index is 0.0443. The minimum atomic E-state index is -0.415. The lowest BCUT2D eigenvalue weighted by molar-refractivity contribution is -0.385. The number of nitrogens with zero attached hydrogens (tertiary/aromatic N) is 3. The van der Waals surface area contributed by atoms with E-state index in [1.807, 2.05) is 19.3 Å². The van der Waals surface area contributed by atoms with E-state index in [2.05, 4.69) is 10.4 Å². The first-order valence-corrected chi connectivity index (χ1v) is 6.56. The lowest BCUT2D eigenvalue weighted by Gasteiger charge is -2.06. The number of aromatic nitrogens is 2. The molecule has 0 saturated carbocycles. The van der Waals surface area contributed by atoms with Crippen LogP contribution in [0.3, 0.4) is 0 Å². The summed E-state index contributed by atoms with van der Waals surface area (Å²) in [6.45, 7) is 1.04. The summed E-state index contributed by atoms with van der Waals surface area (Å²) < 4.78 is 1.74. The predicted molar refractivity (Wildman–Crippen MR) is 76.7 cm³/mol. The third-order valence-electron chi connectivity index (χ3n) is 2.92. The number of halogens is 1. The minimum Gasteiger partial charge on any atom is -0.312 e. The Hall–Kier alpha value is -1.92. The van der Waals surface area contributed by atoms with E-state index >= 15 is 0 Å². The Bertz CT molecular complexity index is 612. The fourth-order valence-electron chi connectivity index (χ4n) is 1.92. The van der Waals surface area contributed by atoms with Crippen LogP contribution in [-0.2, 0) is 20.0 Å². The maximum atomic E-state index is 10.9. The molecule has 6 nitrogen and oxygen atoms in total. The molecule has 1 aromatic carbocycles. The Morgan fingerprint density at radius 3 is 2.90 bits per heavy atom. The Labute approximate surface area is 121 Å². The summed E-state index contributed by atoms with van der Waals surface area (Å²) in [5, 5.41) is 18.8. The summed E-state index contributed by atoms with van der Waals surface area (Å²) in [5.74, 6) is 0. The number of hydrogen-bond donors (Lipinski definition) is 1. The van der Waals surface area contributed by atoms with Gasteiger partial charge in [-0.3, -0.25) is 14.8 Å². The summed E-state index contributed by atoms with van der Waals surface area (Å²) in [6.07, 6.45) is 2.65. The van der Waals surface area contributed by atoms with E-state index in [4.69, 9.17) is 11.6 Å². The van der Waals surface area contributed by atoms with Crippen molar-refractivity contribution < 1.29 is 4.92 Å². The van der Waals surface area contributed by atoms with Crippen LogP contribution in [0.15, 0.2) is 30.5 Å². The molecular weight excluding hydrogens is 280 g/mol. The van der Waals surface area contributed by atoms with Crippen molar-refractivity contribution in [3.8, 4) is 0 Å².